The predicted octanol–water partition coefficient (Wildman–Crippen LogP) is 2.18. The highest BCUT2D eigenvalue weighted by Crippen LogP contribution is 2.12. The third-order valence-corrected chi connectivity index (χ3v) is 1.56. The number of hydrogen-bond donors (Lipinski definition) is 0. The molecule has 1 aromatic carbocycles. The molecule has 0 spiro atoms. The largest absolute Gasteiger partial charge is 0.289 e. The maximum Gasteiger partial charge on any atom is 0.227 e. The van der Waals surface area contributed by atoms with Gasteiger partial charge in [-0.3, -0.25) is 9.69 Å². The first-order valence-electron chi connectivity index (χ1n) is 3.73. The molecule has 2 heteroatoms. The summed E-state index contributed by atoms with van der Waals surface area (Å²) < 4.78 is 0. The van der Waals surface area contributed by atoms with Crippen LogP contribution in [0.2, 0.25) is 0 Å². The molecule has 1 aromatic rings. The zero-order valence-corrected chi connectivity index (χ0v) is 7.03. The van der Waals surface area contributed by atoms with Crippen LogP contribution < -0.4 is 4.90 Å². The highest BCUT2D eigenvalue weighted by Gasteiger charge is 2.04. The van der Waals surface area contributed by atoms with Crippen molar-refractivity contribution in [2.24, 2.45) is 0 Å². The summed E-state index contributed by atoms with van der Waals surface area (Å²) in [5, 5.41) is 0. The van der Waals surface area contributed by atoms with Gasteiger partial charge in [0.25, 0.3) is 0 Å². The molecule has 2 nitrogen and oxygen atoms in total. The molecule has 0 aliphatic carbocycles. The van der Waals surface area contributed by atoms with Gasteiger partial charge in [0.1, 0.15) is 0 Å². The molecule has 0 aliphatic rings. The van der Waals surface area contributed by atoms with E-state index >= 15 is 0 Å². The van der Waals surface area contributed by atoms with Crippen molar-refractivity contribution in [2.75, 3.05) is 4.90 Å². The van der Waals surface area contributed by atoms with Crippen molar-refractivity contribution in [2.45, 2.75) is 6.92 Å². The molecular weight excluding hydrogens is 150 g/mol. The van der Waals surface area contributed by atoms with Gasteiger partial charge in [0.2, 0.25) is 5.91 Å². The van der Waals surface area contributed by atoms with Crippen LogP contribution in [0.3, 0.4) is 0 Å². The second-order valence-electron chi connectivity index (χ2n) is 2.41. The van der Waals surface area contributed by atoms with E-state index < -0.39 is 0 Å². The van der Waals surface area contributed by atoms with Gasteiger partial charge in [-0.15, -0.1) is 0 Å². The van der Waals surface area contributed by atoms with Gasteiger partial charge in [0.05, 0.1) is 0 Å². The summed E-state index contributed by atoms with van der Waals surface area (Å²) in [5.41, 5.74) is 0.847. The van der Waals surface area contributed by atoms with Gasteiger partial charge < -0.3 is 0 Å². The Labute approximate surface area is 72.1 Å². The standard InChI is InChI=1S/C10H11NO/c1-3-11(9(2)12)10-7-5-4-6-8-10/h3-8H,1H2,2H3. The van der Waals surface area contributed by atoms with Crippen LogP contribution in [0.4, 0.5) is 5.69 Å². The Balaban J connectivity index is 2.95. The van der Waals surface area contributed by atoms with E-state index in [1.807, 2.05) is 30.3 Å². The molecule has 0 heterocycles. The number of para-hydroxylation sites is 1. The van der Waals surface area contributed by atoms with E-state index in [4.69, 9.17) is 0 Å². The van der Waals surface area contributed by atoms with Crippen molar-refractivity contribution in [3.8, 4) is 0 Å². The van der Waals surface area contributed by atoms with Gasteiger partial charge in [0.15, 0.2) is 0 Å². The summed E-state index contributed by atoms with van der Waals surface area (Å²) in [4.78, 5) is 12.5. The van der Waals surface area contributed by atoms with Crippen LogP contribution in [0.5, 0.6) is 0 Å². The fourth-order valence-corrected chi connectivity index (χ4v) is 1.00. The number of carbonyl (C=O) groups is 1. The minimum Gasteiger partial charge on any atom is -0.289 e. The molecule has 0 aromatic heterocycles. The van der Waals surface area contributed by atoms with E-state index in [-0.39, 0.29) is 5.91 Å². The highest BCUT2D eigenvalue weighted by atomic mass is 16.2. The van der Waals surface area contributed by atoms with Gasteiger partial charge >= 0.3 is 0 Å². The zero-order chi connectivity index (χ0) is 8.97. The number of rotatable bonds is 2. The third kappa shape index (κ3) is 1.72. The van der Waals surface area contributed by atoms with E-state index in [2.05, 4.69) is 6.58 Å². The van der Waals surface area contributed by atoms with Crippen molar-refractivity contribution in [3.05, 3.63) is 43.1 Å². The first-order chi connectivity index (χ1) is 5.75. The van der Waals surface area contributed by atoms with Crippen molar-refractivity contribution in [3.63, 3.8) is 0 Å². The summed E-state index contributed by atoms with van der Waals surface area (Å²) in [6, 6.07) is 9.40. The topological polar surface area (TPSA) is 20.3 Å². The number of benzene rings is 1. The third-order valence-electron chi connectivity index (χ3n) is 1.56. The number of hydrogen-bond acceptors (Lipinski definition) is 1. The molecule has 1 amide bonds. The molecule has 0 bridgehead atoms. The Kier molecular flexibility index (Phi) is 2.64. The second kappa shape index (κ2) is 3.72. The molecule has 0 saturated heterocycles. The van der Waals surface area contributed by atoms with Gasteiger partial charge in [-0.2, -0.15) is 0 Å². The minimum absolute atomic E-state index is 0.0313. The average molecular weight is 161 g/mol. The van der Waals surface area contributed by atoms with Crippen molar-refractivity contribution >= 4 is 11.6 Å². The fraction of sp³-hybridized carbons (Fsp3) is 0.100. The molecule has 0 saturated carbocycles. The summed E-state index contributed by atoms with van der Waals surface area (Å²) in [6.07, 6.45) is 1.51. The number of amides is 1. The molecule has 12 heavy (non-hydrogen) atoms. The lowest BCUT2D eigenvalue weighted by Crippen LogP contribution is -2.20. The molecule has 0 aliphatic heterocycles. The Morgan fingerprint density at radius 2 is 2.00 bits per heavy atom. The Bertz CT molecular complexity index is 279. The van der Waals surface area contributed by atoms with Crippen molar-refractivity contribution in [1.29, 1.82) is 0 Å². The monoisotopic (exact) mass is 161 g/mol. The van der Waals surface area contributed by atoms with Crippen molar-refractivity contribution in [1.82, 2.24) is 0 Å². The van der Waals surface area contributed by atoms with E-state index in [0.717, 1.165) is 5.69 Å². The summed E-state index contributed by atoms with van der Waals surface area (Å²) in [5.74, 6) is -0.0313. The molecule has 0 radical (unpaired) electrons. The van der Waals surface area contributed by atoms with Gasteiger partial charge in [-0.25, -0.2) is 0 Å². The van der Waals surface area contributed by atoms with Gasteiger partial charge in [0, 0.05) is 18.8 Å². The van der Waals surface area contributed by atoms with Crippen LogP contribution in [-0.2, 0) is 4.79 Å². The van der Waals surface area contributed by atoms with Crippen LogP contribution in [0.25, 0.3) is 0 Å². The normalized spacial score (nSPS) is 9.08. The summed E-state index contributed by atoms with van der Waals surface area (Å²) in [6.45, 7) is 5.07. The summed E-state index contributed by atoms with van der Waals surface area (Å²) in [7, 11) is 0. The summed E-state index contributed by atoms with van der Waals surface area (Å²) >= 11 is 0. The number of anilines is 1. The van der Waals surface area contributed by atoms with Crippen LogP contribution >= 0.6 is 0 Å². The van der Waals surface area contributed by atoms with Crippen LogP contribution in [0.1, 0.15) is 6.92 Å². The van der Waals surface area contributed by atoms with Crippen LogP contribution in [0, 0.1) is 0 Å². The SMILES string of the molecule is C=CN(C(C)=O)c1ccccc1. The molecular formula is C10H11NO. The number of carbonyl (C=O) groups excluding carboxylic acids is 1. The maximum absolute atomic E-state index is 11.0. The molecule has 0 atom stereocenters. The van der Waals surface area contributed by atoms with Gasteiger partial charge in [-0.05, 0) is 12.1 Å². The lowest BCUT2D eigenvalue weighted by Gasteiger charge is -2.14. The average Bonchev–Trinajstić information content (AvgIpc) is 2.07. The highest BCUT2D eigenvalue weighted by molar-refractivity contribution is 5.93. The molecule has 1 rings (SSSR count). The number of nitrogens with zero attached hydrogens (tertiary/aromatic N) is 1. The molecule has 62 valence electrons. The van der Waals surface area contributed by atoms with E-state index in [1.54, 1.807) is 0 Å². The van der Waals surface area contributed by atoms with E-state index in [0.29, 0.717) is 0 Å². The lowest BCUT2D eigenvalue weighted by molar-refractivity contribution is -0.115. The Hall–Kier alpha value is -1.57. The van der Waals surface area contributed by atoms with Gasteiger partial charge in [-0.1, -0.05) is 24.8 Å². The quantitative estimate of drug-likeness (QED) is 0.651. The van der Waals surface area contributed by atoms with Crippen LogP contribution in [0.15, 0.2) is 43.1 Å². The molecule has 0 N–H and O–H groups in total. The maximum atomic E-state index is 11.0. The van der Waals surface area contributed by atoms with Crippen LogP contribution in [-0.4, -0.2) is 5.91 Å². The first kappa shape index (κ1) is 8.53. The molecule has 0 unspecified atom stereocenters. The minimum atomic E-state index is -0.0313. The lowest BCUT2D eigenvalue weighted by atomic mass is 10.3. The second-order valence-corrected chi connectivity index (χ2v) is 2.41. The fourth-order valence-electron chi connectivity index (χ4n) is 1.00. The molecule has 0 fully saturated rings. The van der Waals surface area contributed by atoms with Crippen molar-refractivity contribution < 1.29 is 4.79 Å². The Morgan fingerprint density at radius 3 is 2.42 bits per heavy atom. The Morgan fingerprint density at radius 1 is 1.42 bits per heavy atom. The smallest absolute Gasteiger partial charge is 0.227 e. The first-order valence-corrected chi connectivity index (χ1v) is 3.73. The predicted molar refractivity (Wildman–Crippen MR) is 49.8 cm³/mol. The van der Waals surface area contributed by atoms with E-state index in [1.165, 1.54) is 18.0 Å². The zero-order valence-electron chi connectivity index (χ0n) is 7.03. The van der Waals surface area contributed by atoms with E-state index in [9.17, 15) is 4.79 Å².